The van der Waals surface area contributed by atoms with E-state index in [0.29, 0.717) is 0 Å². The van der Waals surface area contributed by atoms with Gasteiger partial charge in [-0.05, 0) is 0 Å². The van der Waals surface area contributed by atoms with E-state index in [1.165, 1.54) is 6.42 Å². The van der Waals surface area contributed by atoms with Crippen LogP contribution in [0.3, 0.4) is 0 Å². The molecule has 0 aliphatic rings. The fourth-order valence-electron chi connectivity index (χ4n) is 0. The summed E-state index contributed by atoms with van der Waals surface area (Å²) in [7, 11) is -2.87. The van der Waals surface area contributed by atoms with E-state index in [-0.39, 0.29) is 24.8 Å². The first-order chi connectivity index (χ1) is 3.15. The normalized spacial score (nSPS) is 4.89. The average Bonchev–Trinajstić information content (AvgIpc) is 1.33. The molecule has 3 nitrogen and oxygen atoms in total. The first-order valence-corrected chi connectivity index (χ1v) is 3.16. The van der Waals surface area contributed by atoms with Crippen molar-refractivity contribution in [1.82, 2.24) is 0 Å². The molecule has 0 fully saturated rings. The zero-order valence-corrected chi connectivity index (χ0v) is 7.80. The molecule has 0 saturated carbocycles. The second-order valence-electron chi connectivity index (χ2n) is 0.960. The van der Waals surface area contributed by atoms with E-state index in [9.17, 15) is 0 Å². The number of rotatable bonds is 0. The lowest BCUT2D eigenvalue weighted by Crippen LogP contribution is -1.38. The summed E-state index contributed by atoms with van der Waals surface area (Å²) in [6.07, 6.45) is 1.25. The summed E-state index contributed by atoms with van der Waals surface area (Å²) < 4.78 is 8.70. The van der Waals surface area contributed by atoms with Crippen molar-refractivity contribution in [2.24, 2.45) is 0 Å². The van der Waals surface area contributed by atoms with Crippen LogP contribution in [0.15, 0.2) is 0 Å². The van der Waals surface area contributed by atoms with Crippen molar-refractivity contribution < 1.29 is 14.4 Å². The molecule has 0 amide bonds. The second-order valence-corrected chi connectivity index (χ2v) is 1.47. The molecule has 0 unspecified atom stereocenters. The Morgan fingerprint density at radius 2 is 1.22 bits per heavy atom. The van der Waals surface area contributed by atoms with Gasteiger partial charge in [-0.2, -0.15) is 0 Å². The van der Waals surface area contributed by atoms with Gasteiger partial charge in [-0.25, -0.2) is 4.57 Å². The first-order valence-electron chi connectivity index (χ1n) is 2.00. The molecule has 2 N–H and O–H groups in total. The van der Waals surface area contributed by atoms with Crippen molar-refractivity contribution in [3.8, 4) is 0 Å². The van der Waals surface area contributed by atoms with Gasteiger partial charge in [0, 0.05) is 0 Å². The summed E-state index contributed by atoms with van der Waals surface area (Å²) in [5.74, 6) is 0. The lowest BCUT2D eigenvalue weighted by molar-refractivity contribution is 0.405. The number of halogens is 2. The first kappa shape index (κ1) is 22.6. The third kappa shape index (κ3) is 1040. The van der Waals surface area contributed by atoms with Gasteiger partial charge in [-0.1, -0.05) is 20.3 Å². The molecule has 0 aromatic heterocycles. The zero-order valence-electron chi connectivity index (χ0n) is 5.27. The van der Waals surface area contributed by atoms with Crippen LogP contribution in [0, 0.1) is 0 Å². The molecule has 0 aliphatic heterocycles. The van der Waals surface area contributed by atoms with E-state index in [4.69, 9.17) is 14.4 Å². The molecule has 61 valence electrons. The molecule has 0 heterocycles. The molecule has 0 bridgehead atoms. The van der Waals surface area contributed by atoms with Gasteiger partial charge in [0.25, 0.3) is 0 Å². The van der Waals surface area contributed by atoms with Crippen LogP contribution < -0.4 is 0 Å². The fraction of sp³-hybridized carbons (Fsp3) is 1.00. The highest BCUT2D eigenvalue weighted by molar-refractivity contribution is 7.30. The average molecular weight is 198 g/mol. The monoisotopic (exact) mass is 197 g/mol. The Morgan fingerprint density at radius 3 is 1.22 bits per heavy atom. The molecule has 0 spiro atoms. The van der Waals surface area contributed by atoms with E-state index < -0.39 is 8.25 Å². The minimum Gasteiger partial charge on any atom is -0.298 e. The highest BCUT2D eigenvalue weighted by Gasteiger charge is 1.65. The summed E-state index contributed by atoms with van der Waals surface area (Å²) in [5, 5.41) is 0. The molecule has 6 heteroatoms. The summed E-state index contributed by atoms with van der Waals surface area (Å²) >= 11 is 0. The van der Waals surface area contributed by atoms with Gasteiger partial charge in [0.05, 0.1) is 0 Å². The lowest BCUT2D eigenvalue weighted by atomic mass is 10.6. The van der Waals surface area contributed by atoms with Crippen molar-refractivity contribution in [3.05, 3.63) is 0 Å². The Balaban J connectivity index is -0.0000000233. The Labute approximate surface area is 68.2 Å². The second kappa shape index (κ2) is 23.5. The minimum atomic E-state index is -2.87. The topological polar surface area (TPSA) is 57.5 Å². The maximum atomic E-state index is 8.70. The molecule has 1 radical (unpaired) electrons. The van der Waals surface area contributed by atoms with Crippen LogP contribution in [0.25, 0.3) is 0 Å². The molecule has 0 rings (SSSR count). The molecule has 9 heavy (non-hydrogen) atoms. The molecule has 0 aromatic carbocycles. The predicted molar refractivity (Wildman–Crippen MR) is 42.5 cm³/mol. The van der Waals surface area contributed by atoms with Gasteiger partial charge in [0.15, 0.2) is 0 Å². The van der Waals surface area contributed by atoms with E-state index in [2.05, 4.69) is 13.8 Å². The maximum Gasteiger partial charge on any atom is 0.363 e. The van der Waals surface area contributed by atoms with E-state index in [0.717, 1.165) is 0 Å². The van der Waals surface area contributed by atoms with E-state index in [1.807, 2.05) is 0 Å². The van der Waals surface area contributed by atoms with Crippen LogP contribution in [0.4, 0.5) is 0 Å². The smallest absolute Gasteiger partial charge is 0.298 e. The maximum absolute atomic E-state index is 8.70. The SMILES string of the molecule is CCC.Cl.Cl.O=[P](O)O. The minimum absolute atomic E-state index is 0. The molecule has 0 saturated heterocycles. The van der Waals surface area contributed by atoms with Gasteiger partial charge in [-0.3, -0.25) is 9.79 Å². The van der Waals surface area contributed by atoms with Crippen molar-refractivity contribution in [2.45, 2.75) is 20.3 Å². The third-order valence-electron chi connectivity index (χ3n) is 0. The van der Waals surface area contributed by atoms with Crippen LogP contribution in [0.1, 0.15) is 20.3 Å². The molecular formula is C3H12Cl2O3P. The molecule has 0 aliphatic carbocycles. The van der Waals surface area contributed by atoms with Gasteiger partial charge in [0.2, 0.25) is 0 Å². The van der Waals surface area contributed by atoms with Crippen LogP contribution in [-0.2, 0) is 4.57 Å². The predicted octanol–water partition coefficient (Wildman–Crippen LogP) is 1.89. The number of hydrogen-bond donors (Lipinski definition) is 2. The van der Waals surface area contributed by atoms with Crippen molar-refractivity contribution in [2.75, 3.05) is 0 Å². The van der Waals surface area contributed by atoms with Gasteiger partial charge in [0.1, 0.15) is 0 Å². The van der Waals surface area contributed by atoms with Crippen LogP contribution in [-0.4, -0.2) is 9.79 Å². The van der Waals surface area contributed by atoms with Crippen molar-refractivity contribution in [3.63, 3.8) is 0 Å². The standard InChI is InChI=1S/C3H8.2ClH.H2O3P/c1-3-2;;;1-4(2)3/h3H2,1-2H3;2*1H;(H2,1,2,3). The lowest BCUT2D eigenvalue weighted by Gasteiger charge is -1.57. The summed E-state index contributed by atoms with van der Waals surface area (Å²) in [4.78, 5) is 14.2. The Kier molecular flexibility index (Phi) is 59.1. The van der Waals surface area contributed by atoms with Crippen LogP contribution in [0.2, 0.25) is 0 Å². The highest BCUT2D eigenvalue weighted by atomic mass is 35.5. The quantitative estimate of drug-likeness (QED) is 0.584. The van der Waals surface area contributed by atoms with Gasteiger partial charge >= 0.3 is 8.25 Å². The van der Waals surface area contributed by atoms with E-state index >= 15 is 0 Å². The Bertz CT molecular complexity index is 48.3. The summed E-state index contributed by atoms with van der Waals surface area (Å²) in [6, 6.07) is 0. The van der Waals surface area contributed by atoms with Gasteiger partial charge in [-0.15, -0.1) is 24.8 Å². The molecular weight excluding hydrogens is 186 g/mol. The largest absolute Gasteiger partial charge is 0.363 e. The van der Waals surface area contributed by atoms with Crippen LogP contribution in [0.5, 0.6) is 0 Å². The molecule has 0 atom stereocenters. The highest BCUT2D eigenvalue weighted by Crippen LogP contribution is 1.98. The van der Waals surface area contributed by atoms with Crippen molar-refractivity contribution >= 4 is 33.1 Å². The van der Waals surface area contributed by atoms with Crippen molar-refractivity contribution in [1.29, 1.82) is 0 Å². The Hall–Kier alpha value is 0.600. The number of hydrogen-bond acceptors (Lipinski definition) is 1. The van der Waals surface area contributed by atoms with E-state index in [1.54, 1.807) is 0 Å². The molecule has 0 aromatic rings. The summed E-state index contributed by atoms with van der Waals surface area (Å²) in [6.45, 7) is 4.25. The fourth-order valence-corrected chi connectivity index (χ4v) is 0. The summed E-state index contributed by atoms with van der Waals surface area (Å²) in [5.41, 5.74) is 0. The van der Waals surface area contributed by atoms with Gasteiger partial charge < -0.3 is 0 Å². The third-order valence-corrected chi connectivity index (χ3v) is 0. The Morgan fingerprint density at radius 1 is 1.22 bits per heavy atom. The van der Waals surface area contributed by atoms with Crippen LogP contribution >= 0.6 is 33.1 Å². The zero-order chi connectivity index (χ0) is 6.28.